The Morgan fingerprint density at radius 3 is 2.29 bits per heavy atom. The van der Waals surface area contributed by atoms with E-state index in [-0.39, 0.29) is 17.9 Å². The molecular weight excluding hydrogens is 304 g/mol. The van der Waals surface area contributed by atoms with Crippen molar-refractivity contribution in [1.29, 1.82) is 0 Å². The van der Waals surface area contributed by atoms with Crippen molar-refractivity contribution in [2.24, 2.45) is 0 Å². The lowest BCUT2D eigenvalue weighted by atomic mass is 10.2. The number of hydrogen-bond acceptors (Lipinski definition) is 4. The van der Waals surface area contributed by atoms with Crippen LogP contribution >= 0.6 is 0 Å². The number of nitrogens with zero attached hydrogens (tertiary/aromatic N) is 2. The molecule has 0 aliphatic rings. The lowest BCUT2D eigenvalue weighted by molar-refractivity contribution is -0.129. The van der Waals surface area contributed by atoms with E-state index in [1.54, 1.807) is 33.2 Å². The Kier molecular flexibility index (Phi) is 5.52. The summed E-state index contributed by atoms with van der Waals surface area (Å²) in [6.45, 7) is 3.76. The Labute approximate surface area is 141 Å². The van der Waals surface area contributed by atoms with Gasteiger partial charge in [-0.3, -0.25) is 9.59 Å². The number of anilines is 2. The summed E-state index contributed by atoms with van der Waals surface area (Å²) in [7, 11) is 3.40. The molecule has 0 bridgehead atoms. The normalized spacial score (nSPS) is 11.5. The van der Waals surface area contributed by atoms with E-state index >= 15 is 0 Å². The van der Waals surface area contributed by atoms with Crippen LogP contribution in [0.5, 0.6) is 0 Å². The Morgan fingerprint density at radius 2 is 1.75 bits per heavy atom. The van der Waals surface area contributed by atoms with E-state index in [4.69, 9.17) is 0 Å². The van der Waals surface area contributed by atoms with Gasteiger partial charge in [0.1, 0.15) is 11.9 Å². The number of likely N-dealkylation sites (N-methyl/N-ethyl adjacent to an activating group) is 1. The molecule has 0 spiro atoms. The van der Waals surface area contributed by atoms with Gasteiger partial charge in [-0.05, 0) is 38.1 Å². The van der Waals surface area contributed by atoms with Crippen LogP contribution in [0.1, 0.15) is 22.8 Å². The molecule has 6 heteroatoms. The number of rotatable bonds is 5. The molecule has 1 heterocycles. The number of benzene rings is 1. The largest absolute Gasteiger partial charge is 0.359 e. The quantitative estimate of drug-likeness (QED) is 0.885. The van der Waals surface area contributed by atoms with Gasteiger partial charge in [0.15, 0.2) is 0 Å². The molecule has 2 N–H and O–H groups in total. The molecule has 2 aromatic rings. The number of amides is 2. The minimum Gasteiger partial charge on any atom is -0.359 e. The third-order valence-corrected chi connectivity index (χ3v) is 3.51. The number of nitrogens with one attached hydrogen (secondary N) is 2. The van der Waals surface area contributed by atoms with Crippen LogP contribution in [-0.2, 0) is 4.79 Å². The summed E-state index contributed by atoms with van der Waals surface area (Å²) in [5.74, 6) is 0.276. The summed E-state index contributed by atoms with van der Waals surface area (Å²) in [5.41, 5.74) is 2.32. The summed E-state index contributed by atoms with van der Waals surface area (Å²) in [5, 5.41) is 5.83. The molecule has 0 aliphatic heterocycles. The van der Waals surface area contributed by atoms with Crippen LogP contribution in [0, 0.1) is 6.92 Å². The van der Waals surface area contributed by atoms with E-state index in [2.05, 4.69) is 15.6 Å². The molecule has 0 fully saturated rings. The maximum absolute atomic E-state index is 12.2. The summed E-state index contributed by atoms with van der Waals surface area (Å²) in [4.78, 5) is 29.7. The molecular formula is C18H22N4O2. The van der Waals surface area contributed by atoms with Crippen molar-refractivity contribution in [2.75, 3.05) is 24.7 Å². The summed E-state index contributed by atoms with van der Waals surface area (Å²) >= 11 is 0. The molecule has 0 saturated heterocycles. The Bertz CT molecular complexity index is 709. The van der Waals surface area contributed by atoms with Crippen molar-refractivity contribution >= 4 is 23.3 Å². The van der Waals surface area contributed by atoms with E-state index in [1.165, 1.54) is 11.1 Å². The van der Waals surface area contributed by atoms with Crippen molar-refractivity contribution in [3.05, 3.63) is 53.7 Å². The van der Waals surface area contributed by atoms with Gasteiger partial charge >= 0.3 is 0 Å². The maximum atomic E-state index is 12.2. The zero-order valence-corrected chi connectivity index (χ0v) is 14.3. The van der Waals surface area contributed by atoms with Crippen LogP contribution in [-0.4, -0.2) is 41.8 Å². The van der Waals surface area contributed by atoms with Crippen LogP contribution in [0.3, 0.4) is 0 Å². The van der Waals surface area contributed by atoms with Gasteiger partial charge in [-0.15, -0.1) is 0 Å². The van der Waals surface area contributed by atoms with Crippen molar-refractivity contribution in [3.8, 4) is 0 Å². The number of pyridine rings is 1. The number of carbonyl (C=O) groups excluding carboxylic acids is 2. The smallest absolute Gasteiger partial charge is 0.257 e. The first-order valence-electron chi connectivity index (χ1n) is 7.68. The molecule has 1 atom stereocenters. The predicted molar refractivity (Wildman–Crippen MR) is 95.1 cm³/mol. The van der Waals surface area contributed by atoms with Crippen molar-refractivity contribution in [1.82, 2.24) is 9.88 Å². The van der Waals surface area contributed by atoms with Gasteiger partial charge in [0.05, 0.1) is 5.56 Å². The van der Waals surface area contributed by atoms with Crippen molar-refractivity contribution in [2.45, 2.75) is 19.9 Å². The topological polar surface area (TPSA) is 74.3 Å². The van der Waals surface area contributed by atoms with Gasteiger partial charge in [-0.1, -0.05) is 17.7 Å². The highest BCUT2D eigenvalue weighted by molar-refractivity contribution is 6.04. The first kappa shape index (κ1) is 17.5. The van der Waals surface area contributed by atoms with Crippen LogP contribution in [0.15, 0.2) is 42.6 Å². The third-order valence-electron chi connectivity index (χ3n) is 3.51. The van der Waals surface area contributed by atoms with Gasteiger partial charge in [-0.25, -0.2) is 4.98 Å². The Hall–Kier alpha value is -2.89. The molecule has 1 aromatic carbocycles. The first-order valence-corrected chi connectivity index (χ1v) is 7.68. The van der Waals surface area contributed by atoms with E-state index < -0.39 is 0 Å². The highest BCUT2D eigenvalue weighted by Gasteiger charge is 2.15. The van der Waals surface area contributed by atoms with Gasteiger partial charge in [-0.2, -0.15) is 0 Å². The molecule has 0 aliphatic carbocycles. The van der Waals surface area contributed by atoms with Crippen LogP contribution in [0.2, 0.25) is 0 Å². The highest BCUT2D eigenvalue weighted by atomic mass is 16.2. The summed E-state index contributed by atoms with van der Waals surface area (Å²) < 4.78 is 0. The average molecular weight is 326 g/mol. The van der Waals surface area contributed by atoms with Gasteiger partial charge in [0, 0.05) is 26.0 Å². The molecule has 1 aromatic heterocycles. The number of carbonyl (C=O) groups is 2. The Morgan fingerprint density at radius 1 is 1.08 bits per heavy atom. The standard InChI is InChI=1S/C18H22N4O2/c1-12-5-8-15(9-6-12)21-17(23)14-7-10-16(19-11-14)20-13(2)18(24)22(3)4/h5-11,13H,1-4H3,(H,19,20)(H,21,23)/t13-/m0/s1. The first-order chi connectivity index (χ1) is 11.4. The lowest BCUT2D eigenvalue weighted by Crippen LogP contribution is -2.36. The highest BCUT2D eigenvalue weighted by Crippen LogP contribution is 2.12. The molecule has 24 heavy (non-hydrogen) atoms. The number of aryl methyl sites for hydroxylation is 1. The molecule has 0 unspecified atom stereocenters. The summed E-state index contributed by atoms with van der Waals surface area (Å²) in [6, 6.07) is 10.5. The minimum atomic E-state index is -0.389. The van der Waals surface area contributed by atoms with Gasteiger partial charge in [0.2, 0.25) is 5.91 Å². The van der Waals surface area contributed by atoms with Crippen LogP contribution < -0.4 is 10.6 Å². The average Bonchev–Trinajstić information content (AvgIpc) is 2.56. The van der Waals surface area contributed by atoms with E-state index in [0.29, 0.717) is 11.4 Å². The minimum absolute atomic E-state index is 0.0435. The fourth-order valence-electron chi connectivity index (χ4n) is 2.12. The third kappa shape index (κ3) is 4.55. The van der Waals surface area contributed by atoms with E-state index in [9.17, 15) is 9.59 Å². The van der Waals surface area contributed by atoms with E-state index in [0.717, 1.165) is 11.3 Å². The monoisotopic (exact) mass is 326 g/mol. The Balaban J connectivity index is 1.99. The second kappa shape index (κ2) is 7.59. The molecule has 126 valence electrons. The summed E-state index contributed by atoms with van der Waals surface area (Å²) in [6.07, 6.45) is 1.48. The van der Waals surface area contributed by atoms with Gasteiger partial charge in [0.25, 0.3) is 5.91 Å². The van der Waals surface area contributed by atoms with Crippen LogP contribution in [0.4, 0.5) is 11.5 Å². The predicted octanol–water partition coefficient (Wildman–Crippen LogP) is 2.53. The maximum Gasteiger partial charge on any atom is 0.257 e. The molecule has 0 saturated carbocycles. The second-order valence-corrected chi connectivity index (χ2v) is 5.85. The second-order valence-electron chi connectivity index (χ2n) is 5.85. The zero-order chi connectivity index (χ0) is 17.7. The molecule has 2 amide bonds. The number of hydrogen-bond donors (Lipinski definition) is 2. The van der Waals surface area contributed by atoms with Crippen LogP contribution in [0.25, 0.3) is 0 Å². The van der Waals surface area contributed by atoms with Crippen molar-refractivity contribution < 1.29 is 9.59 Å². The molecule has 6 nitrogen and oxygen atoms in total. The fourth-order valence-corrected chi connectivity index (χ4v) is 2.12. The van der Waals surface area contributed by atoms with E-state index in [1.807, 2.05) is 31.2 Å². The molecule has 0 radical (unpaired) electrons. The van der Waals surface area contributed by atoms with Gasteiger partial charge < -0.3 is 15.5 Å². The fraction of sp³-hybridized carbons (Fsp3) is 0.278. The lowest BCUT2D eigenvalue weighted by Gasteiger charge is -2.18. The molecule has 2 rings (SSSR count). The zero-order valence-electron chi connectivity index (χ0n) is 14.3. The SMILES string of the molecule is Cc1ccc(NC(=O)c2ccc(N[C@@H](C)C(=O)N(C)C)nc2)cc1. The van der Waals surface area contributed by atoms with Crippen molar-refractivity contribution in [3.63, 3.8) is 0 Å². The number of aromatic nitrogens is 1.